The average molecular weight is 542 g/mol. The summed E-state index contributed by atoms with van der Waals surface area (Å²) < 4.78 is 0. The number of nitrogens with one attached hydrogen (secondary N) is 1. The molecule has 0 bridgehead atoms. The number of aromatic carboxylic acids is 1. The predicted octanol–water partition coefficient (Wildman–Crippen LogP) is 4.91. The molecule has 0 radical (unpaired) electrons. The Morgan fingerprint density at radius 2 is 1.77 bits per heavy atom. The molecule has 1 aromatic heterocycles. The van der Waals surface area contributed by atoms with E-state index in [2.05, 4.69) is 24.1 Å². The summed E-state index contributed by atoms with van der Waals surface area (Å²) in [5.41, 5.74) is 2.20. The number of pyridine rings is 1. The SMILES string of the molecule is CC(=O)N1CC(C)(C)c2ccc(N3C(=O)N(Cc4ccnc(Nc5cccc(C(=O)O)c5)c4)C(C)(C)C3=O)cc21. The van der Waals surface area contributed by atoms with Crippen LogP contribution in [0.3, 0.4) is 0 Å². The van der Waals surface area contributed by atoms with Gasteiger partial charge in [-0.05, 0) is 67.4 Å². The van der Waals surface area contributed by atoms with Crippen molar-refractivity contribution >= 4 is 46.7 Å². The molecule has 40 heavy (non-hydrogen) atoms. The molecule has 0 atom stereocenters. The number of fused-ring (bicyclic) bond motifs is 1. The number of amides is 4. The zero-order valence-electron chi connectivity index (χ0n) is 23.1. The summed E-state index contributed by atoms with van der Waals surface area (Å²) in [5, 5.41) is 12.4. The van der Waals surface area contributed by atoms with Crippen LogP contribution in [0.4, 0.5) is 27.7 Å². The number of hydrogen-bond donors (Lipinski definition) is 2. The van der Waals surface area contributed by atoms with Gasteiger partial charge in [0.2, 0.25) is 5.91 Å². The van der Waals surface area contributed by atoms with Crippen molar-refractivity contribution < 1.29 is 24.3 Å². The van der Waals surface area contributed by atoms with Crippen LogP contribution in [0.2, 0.25) is 0 Å². The van der Waals surface area contributed by atoms with Crippen LogP contribution in [0.25, 0.3) is 0 Å². The molecule has 206 valence electrons. The molecule has 2 N–H and O–H groups in total. The third kappa shape index (κ3) is 4.55. The highest BCUT2D eigenvalue weighted by Gasteiger charge is 2.52. The van der Waals surface area contributed by atoms with Crippen LogP contribution in [-0.2, 0) is 21.5 Å². The van der Waals surface area contributed by atoms with Crippen molar-refractivity contribution in [3.8, 4) is 0 Å². The van der Waals surface area contributed by atoms with Crippen LogP contribution in [-0.4, -0.2) is 50.9 Å². The van der Waals surface area contributed by atoms with E-state index in [0.29, 0.717) is 29.4 Å². The summed E-state index contributed by atoms with van der Waals surface area (Å²) in [7, 11) is 0. The largest absolute Gasteiger partial charge is 0.478 e. The van der Waals surface area contributed by atoms with E-state index in [1.54, 1.807) is 61.3 Å². The van der Waals surface area contributed by atoms with Crippen molar-refractivity contribution in [3.05, 3.63) is 77.5 Å². The average Bonchev–Trinajstić information content (AvgIpc) is 3.26. The van der Waals surface area contributed by atoms with Crippen molar-refractivity contribution in [1.82, 2.24) is 9.88 Å². The van der Waals surface area contributed by atoms with Crippen LogP contribution in [0.5, 0.6) is 0 Å². The molecule has 0 unspecified atom stereocenters. The third-order valence-corrected chi connectivity index (χ3v) is 7.56. The lowest BCUT2D eigenvalue weighted by molar-refractivity contribution is -0.123. The Morgan fingerprint density at radius 3 is 2.48 bits per heavy atom. The number of rotatable bonds is 6. The van der Waals surface area contributed by atoms with Crippen molar-refractivity contribution in [2.45, 2.75) is 52.1 Å². The fourth-order valence-corrected chi connectivity index (χ4v) is 5.33. The van der Waals surface area contributed by atoms with E-state index in [1.807, 2.05) is 6.07 Å². The Balaban J connectivity index is 1.41. The van der Waals surface area contributed by atoms with Gasteiger partial charge in [0, 0.05) is 43.0 Å². The number of urea groups is 1. The molecule has 0 saturated carbocycles. The second-order valence-corrected chi connectivity index (χ2v) is 11.3. The van der Waals surface area contributed by atoms with E-state index in [0.717, 1.165) is 11.1 Å². The lowest BCUT2D eigenvalue weighted by atomic mass is 9.87. The van der Waals surface area contributed by atoms with Crippen molar-refractivity contribution in [2.24, 2.45) is 0 Å². The number of carbonyl (C=O) groups excluding carboxylic acids is 3. The maximum atomic E-state index is 13.7. The Kier molecular flexibility index (Phi) is 6.36. The van der Waals surface area contributed by atoms with Gasteiger partial charge in [-0.15, -0.1) is 0 Å². The molecule has 10 heteroatoms. The van der Waals surface area contributed by atoms with E-state index in [9.17, 15) is 24.3 Å². The second-order valence-electron chi connectivity index (χ2n) is 11.3. The number of carboxylic acids is 1. The van der Waals surface area contributed by atoms with Gasteiger partial charge in [-0.25, -0.2) is 19.5 Å². The first-order chi connectivity index (χ1) is 18.8. The molecule has 2 aliphatic heterocycles. The minimum absolute atomic E-state index is 0.0956. The van der Waals surface area contributed by atoms with E-state index in [1.165, 1.54) is 28.9 Å². The second kappa shape index (κ2) is 9.48. The Hall–Kier alpha value is -4.73. The molecule has 2 aliphatic rings. The quantitative estimate of drug-likeness (QED) is 0.425. The van der Waals surface area contributed by atoms with Crippen LogP contribution < -0.4 is 15.1 Å². The summed E-state index contributed by atoms with van der Waals surface area (Å²) >= 11 is 0. The fraction of sp³-hybridized carbons (Fsp3) is 0.300. The highest BCUT2D eigenvalue weighted by atomic mass is 16.4. The van der Waals surface area contributed by atoms with E-state index in [-0.39, 0.29) is 29.3 Å². The molecule has 3 heterocycles. The standard InChI is InChI=1S/C30H31N5O5/c1-18(36)33-17-29(2,3)23-10-9-22(15-24(23)33)35-27(39)30(4,5)34(28(35)40)16-19-11-12-31-25(13-19)32-21-8-6-7-20(14-21)26(37)38/h6-15H,16-17H2,1-5H3,(H,31,32)(H,37,38). The van der Waals surface area contributed by atoms with Gasteiger partial charge in [0.05, 0.1) is 11.3 Å². The van der Waals surface area contributed by atoms with E-state index in [4.69, 9.17) is 0 Å². The minimum Gasteiger partial charge on any atom is -0.478 e. The molecule has 1 saturated heterocycles. The maximum Gasteiger partial charge on any atom is 0.335 e. The van der Waals surface area contributed by atoms with Gasteiger partial charge in [0.1, 0.15) is 11.4 Å². The molecular formula is C30H31N5O5. The van der Waals surface area contributed by atoms with E-state index >= 15 is 0 Å². The summed E-state index contributed by atoms with van der Waals surface area (Å²) in [5.74, 6) is -1.02. The van der Waals surface area contributed by atoms with Gasteiger partial charge in [-0.3, -0.25) is 9.59 Å². The predicted molar refractivity (Wildman–Crippen MR) is 151 cm³/mol. The highest BCUT2D eigenvalue weighted by molar-refractivity contribution is 6.23. The van der Waals surface area contributed by atoms with Crippen molar-refractivity contribution in [3.63, 3.8) is 0 Å². The van der Waals surface area contributed by atoms with Gasteiger partial charge in [0.15, 0.2) is 0 Å². The Morgan fingerprint density at radius 1 is 1.02 bits per heavy atom. The van der Waals surface area contributed by atoms with Gasteiger partial charge < -0.3 is 20.2 Å². The fourth-order valence-electron chi connectivity index (χ4n) is 5.33. The van der Waals surface area contributed by atoms with Crippen LogP contribution in [0.15, 0.2) is 60.8 Å². The summed E-state index contributed by atoms with van der Waals surface area (Å²) in [6.07, 6.45) is 1.59. The van der Waals surface area contributed by atoms with Crippen molar-refractivity contribution in [2.75, 3.05) is 21.7 Å². The number of aromatic nitrogens is 1. The van der Waals surface area contributed by atoms with Crippen LogP contribution in [0.1, 0.15) is 56.1 Å². The summed E-state index contributed by atoms with van der Waals surface area (Å²) in [4.78, 5) is 59.6. The number of carbonyl (C=O) groups is 4. The molecule has 1 fully saturated rings. The summed E-state index contributed by atoms with van der Waals surface area (Å²) in [6, 6.07) is 14.8. The normalized spacial score (nSPS) is 17.3. The maximum absolute atomic E-state index is 13.7. The highest BCUT2D eigenvalue weighted by Crippen LogP contribution is 2.44. The number of nitrogens with zero attached hydrogens (tertiary/aromatic N) is 4. The monoisotopic (exact) mass is 541 g/mol. The number of carboxylic acid groups (broad SMARTS) is 1. The first kappa shape index (κ1) is 26.9. The molecule has 0 aliphatic carbocycles. The number of benzene rings is 2. The number of hydrogen-bond acceptors (Lipinski definition) is 6. The molecule has 0 spiro atoms. The first-order valence-corrected chi connectivity index (χ1v) is 12.9. The van der Waals surface area contributed by atoms with Gasteiger partial charge in [-0.1, -0.05) is 26.0 Å². The Labute approximate surface area is 232 Å². The third-order valence-electron chi connectivity index (χ3n) is 7.56. The Bertz CT molecular complexity index is 1560. The lowest BCUT2D eigenvalue weighted by Gasteiger charge is -2.27. The first-order valence-electron chi connectivity index (χ1n) is 12.9. The van der Waals surface area contributed by atoms with Gasteiger partial charge >= 0.3 is 12.0 Å². The molecule has 5 rings (SSSR count). The van der Waals surface area contributed by atoms with Crippen LogP contribution >= 0.6 is 0 Å². The number of anilines is 4. The molecule has 4 amide bonds. The zero-order valence-corrected chi connectivity index (χ0v) is 23.1. The van der Waals surface area contributed by atoms with E-state index < -0.39 is 17.5 Å². The van der Waals surface area contributed by atoms with Gasteiger partial charge in [-0.2, -0.15) is 0 Å². The molecule has 2 aromatic carbocycles. The minimum atomic E-state index is -1.12. The zero-order chi connectivity index (χ0) is 29.0. The topological polar surface area (TPSA) is 123 Å². The number of imide groups is 1. The molecule has 10 nitrogen and oxygen atoms in total. The van der Waals surface area contributed by atoms with Crippen molar-refractivity contribution in [1.29, 1.82) is 0 Å². The molecule has 3 aromatic rings. The lowest BCUT2D eigenvalue weighted by Crippen LogP contribution is -2.43. The molecular weight excluding hydrogens is 510 g/mol. The van der Waals surface area contributed by atoms with Crippen LogP contribution in [0, 0.1) is 0 Å². The summed E-state index contributed by atoms with van der Waals surface area (Å²) in [6.45, 7) is 9.73. The van der Waals surface area contributed by atoms with Gasteiger partial charge in [0.25, 0.3) is 5.91 Å². The smallest absolute Gasteiger partial charge is 0.335 e.